The molecule has 6 nitrogen and oxygen atoms in total. The van der Waals surface area contributed by atoms with Gasteiger partial charge in [-0.15, -0.1) is 0 Å². The minimum atomic E-state index is 0.0121. The summed E-state index contributed by atoms with van der Waals surface area (Å²) in [5, 5.41) is 4.47. The molecule has 3 aromatic rings. The standard InChI is InChI=1S/C27H31N3O3/c1-20-11-13-22(14-12-20)26(31)30(18-23-10-7-17-32-23)19-24-25(21-8-3-2-4-9-21)28-33-27(24)29-15-5-6-16-29/h2-4,8-9,11-14,23H,5-7,10,15-19H2,1H3/t23-/m0/s1. The van der Waals surface area contributed by atoms with Gasteiger partial charge in [0, 0.05) is 37.4 Å². The van der Waals surface area contributed by atoms with Crippen LogP contribution >= 0.6 is 0 Å². The number of aryl methyl sites for hydroxylation is 1. The van der Waals surface area contributed by atoms with Crippen LogP contribution in [0.5, 0.6) is 0 Å². The van der Waals surface area contributed by atoms with E-state index in [1.54, 1.807) is 0 Å². The fourth-order valence-electron chi connectivity index (χ4n) is 4.76. The predicted octanol–water partition coefficient (Wildman–Crippen LogP) is 5.07. The molecule has 0 bridgehead atoms. The zero-order valence-corrected chi connectivity index (χ0v) is 19.2. The second kappa shape index (κ2) is 9.79. The first-order chi connectivity index (χ1) is 16.2. The van der Waals surface area contributed by atoms with Gasteiger partial charge in [0.2, 0.25) is 5.88 Å². The number of nitrogens with zero attached hydrogens (tertiary/aromatic N) is 3. The van der Waals surface area contributed by atoms with Crippen LogP contribution in [0.15, 0.2) is 59.1 Å². The molecule has 172 valence electrons. The number of carbonyl (C=O) groups is 1. The van der Waals surface area contributed by atoms with Crippen LogP contribution in [0.25, 0.3) is 11.3 Å². The lowest BCUT2D eigenvalue weighted by atomic mass is 10.1. The summed E-state index contributed by atoms with van der Waals surface area (Å²) in [4.78, 5) is 17.8. The van der Waals surface area contributed by atoms with Gasteiger partial charge in [0.05, 0.1) is 18.2 Å². The third-order valence-corrected chi connectivity index (χ3v) is 6.59. The van der Waals surface area contributed by atoms with Crippen molar-refractivity contribution in [2.45, 2.75) is 45.3 Å². The quantitative estimate of drug-likeness (QED) is 0.508. The zero-order chi connectivity index (χ0) is 22.6. The van der Waals surface area contributed by atoms with Gasteiger partial charge in [-0.05, 0) is 44.7 Å². The lowest BCUT2D eigenvalue weighted by Gasteiger charge is -2.27. The third-order valence-electron chi connectivity index (χ3n) is 6.59. The molecule has 1 atom stereocenters. The number of rotatable bonds is 7. The maximum atomic E-state index is 13.7. The molecule has 2 aliphatic heterocycles. The molecule has 2 aliphatic rings. The fraction of sp³-hybridized carbons (Fsp3) is 0.407. The van der Waals surface area contributed by atoms with E-state index >= 15 is 0 Å². The predicted molar refractivity (Wildman–Crippen MR) is 128 cm³/mol. The second-order valence-corrected chi connectivity index (χ2v) is 9.06. The molecule has 6 heteroatoms. The van der Waals surface area contributed by atoms with Crippen LogP contribution in [0.1, 0.15) is 47.2 Å². The lowest BCUT2D eigenvalue weighted by molar-refractivity contribution is 0.0507. The summed E-state index contributed by atoms with van der Waals surface area (Å²) in [5.41, 5.74) is 4.62. The van der Waals surface area contributed by atoms with E-state index in [9.17, 15) is 4.79 Å². The van der Waals surface area contributed by atoms with E-state index < -0.39 is 0 Å². The number of hydrogen-bond acceptors (Lipinski definition) is 5. The zero-order valence-electron chi connectivity index (χ0n) is 19.2. The molecule has 0 spiro atoms. The highest BCUT2D eigenvalue weighted by atomic mass is 16.5. The van der Waals surface area contributed by atoms with Crippen molar-refractivity contribution in [3.63, 3.8) is 0 Å². The Kier molecular flexibility index (Phi) is 6.44. The van der Waals surface area contributed by atoms with Crippen molar-refractivity contribution in [1.29, 1.82) is 0 Å². The number of hydrogen-bond donors (Lipinski definition) is 0. The van der Waals surface area contributed by atoms with E-state index in [1.807, 2.05) is 66.4 Å². The van der Waals surface area contributed by atoms with E-state index in [0.717, 1.165) is 73.6 Å². The van der Waals surface area contributed by atoms with Crippen LogP contribution in [0.4, 0.5) is 5.88 Å². The first-order valence-electron chi connectivity index (χ1n) is 12.0. The number of ether oxygens (including phenoxy) is 1. The summed E-state index contributed by atoms with van der Waals surface area (Å²) in [6.45, 7) is 5.70. The van der Waals surface area contributed by atoms with Crippen LogP contribution < -0.4 is 4.90 Å². The molecule has 1 amide bonds. The van der Waals surface area contributed by atoms with Crippen molar-refractivity contribution in [2.24, 2.45) is 0 Å². The summed E-state index contributed by atoms with van der Waals surface area (Å²) < 4.78 is 11.8. The number of carbonyl (C=O) groups excluding carboxylic acids is 1. The van der Waals surface area contributed by atoms with Crippen LogP contribution in [-0.2, 0) is 11.3 Å². The van der Waals surface area contributed by atoms with E-state index in [4.69, 9.17) is 9.26 Å². The SMILES string of the molecule is Cc1ccc(C(=O)N(Cc2c(-c3ccccc3)noc2N2CCCC2)C[C@@H]2CCCO2)cc1. The highest BCUT2D eigenvalue weighted by molar-refractivity contribution is 5.94. The summed E-state index contributed by atoms with van der Waals surface area (Å²) in [7, 11) is 0. The van der Waals surface area contributed by atoms with Gasteiger partial charge in [0.15, 0.2) is 0 Å². The van der Waals surface area contributed by atoms with Crippen molar-refractivity contribution in [3.05, 3.63) is 71.3 Å². The van der Waals surface area contributed by atoms with E-state index in [-0.39, 0.29) is 12.0 Å². The summed E-state index contributed by atoms with van der Waals surface area (Å²) in [6, 6.07) is 17.9. The van der Waals surface area contributed by atoms with E-state index in [2.05, 4.69) is 10.1 Å². The molecule has 0 aliphatic carbocycles. The smallest absolute Gasteiger partial charge is 0.254 e. The Morgan fingerprint density at radius 3 is 2.52 bits per heavy atom. The number of anilines is 1. The van der Waals surface area contributed by atoms with Gasteiger partial charge in [-0.25, -0.2) is 0 Å². The largest absolute Gasteiger partial charge is 0.376 e. The Balaban J connectivity index is 1.51. The molecule has 2 saturated heterocycles. The van der Waals surface area contributed by atoms with Gasteiger partial charge in [-0.1, -0.05) is 53.2 Å². The van der Waals surface area contributed by atoms with Crippen LogP contribution in [-0.4, -0.2) is 48.3 Å². The van der Waals surface area contributed by atoms with Crippen molar-refractivity contribution >= 4 is 11.8 Å². The van der Waals surface area contributed by atoms with Gasteiger partial charge >= 0.3 is 0 Å². The molecular weight excluding hydrogens is 414 g/mol. The highest BCUT2D eigenvalue weighted by Gasteiger charge is 2.30. The topological polar surface area (TPSA) is 58.8 Å². The van der Waals surface area contributed by atoms with Gasteiger partial charge in [0.25, 0.3) is 5.91 Å². The molecule has 33 heavy (non-hydrogen) atoms. The molecule has 0 unspecified atom stereocenters. The first-order valence-corrected chi connectivity index (χ1v) is 12.0. The fourth-order valence-corrected chi connectivity index (χ4v) is 4.76. The average molecular weight is 446 g/mol. The minimum Gasteiger partial charge on any atom is -0.376 e. The maximum Gasteiger partial charge on any atom is 0.254 e. The second-order valence-electron chi connectivity index (χ2n) is 9.06. The Morgan fingerprint density at radius 2 is 1.82 bits per heavy atom. The van der Waals surface area contributed by atoms with Gasteiger partial charge < -0.3 is 19.1 Å². The van der Waals surface area contributed by atoms with Gasteiger partial charge in [-0.3, -0.25) is 4.79 Å². The Labute approximate surface area is 195 Å². The molecule has 0 radical (unpaired) electrons. The molecule has 3 heterocycles. The van der Waals surface area contributed by atoms with E-state index in [1.165, 1.54) is 0 Å². The molecule has 1 aromatic heterocycles. The normalized spacial score (nSPS) is 18.1. The Morgan fingerprint density at radius 1 is 1.06 bits per heavy atom. The Hall–Kier alpha value is -3.12. The maximum absolute atomic E-state index is 13.7. The minimum absolute atomic E-state index is 0.0121. The van der Waals surface area contributed by atoms with Crippen molar-refractivity contribution in [3.8, 4) is 11.3 Å². The monoisotopic (exact) mass is 445 g/mol. The first kappa shape index (κ1) is 21.7. The molecular formula is C27H31N3O3. The molecule has 5 rings (SSSR count). The van der Waals surface area contributed by atoms with Crippen LogP contribution in [0.3, 0.4) is 0 Å². The third kappa shape index (κ3) is 4.81. The van der Waals surface area contributed by atoms with Crippen molar-refractivity contribution in [2.75, 3.05) is 31.1 Å². The van der Waals surface area contributed by atoms with E-state index in [0.29, 0.717) is 18.7 Å². The number of benzene rings is 2. The molecule has 0 N–H and O–H groups in total. The molecule has 2 fully saturated rings. The Bertz CT molecular complexity index is 1070. The van der Waals surface area contributed by atoms with Crippen molar-refractivity contribution in [1.82, 2.24) is 10.1 Å². The average Bonchev–Trinajstić information content (AvgIpc) is 3.61. The number of amides is 1. The number of aromatic nitrogens is 1. The van der Waals surface area contributed by atoms with Gasteiger partial charge in [0.1, 0.15) is 5.69 Å². The van der Waals surface area contributed by atoms with Crippen LogP contribution in [0.2, 0.25) is 0 Å². The van der Waals surface area contributed by atoms with Crippen molar-refractivity contribution < 1.29 is 14.1 Å². The summed E-state index contributed by atoms with van der Waals surface area (Å²) >= 11 is 0. The highest BCUT2D eigenvalue weighted by Crippen LogP contribution is 2.34. The molecule has 2 aromatic carbocycles. The summed E-state index contributed by atoms with van der Waals surface area (Å²) in [6.07, 6.45) is 4.37. The molecule has 0 saturated carbocycles. The van der Waals surface area contributed by atoms with Crippen LogP contribution in [0, 0.1) is 6.92 Å². The lowest BCUT2D eigenvalue weighted by Crippen LogP contribution is -2.37. The van der Waals surface area contributed by atoms with Gasteiger partial charge in [-0.2, -0.15) is 0 Å². The summed E-state index contributed by atoms with van der Waals surface area (Å²) in [5.74, 6) is 0.804.